The van der Waals surface area contributed by atoms with Crippen LogP contribution in [-0.2, 0) is 9.53 Å². The van der Waals surface area contributed by atoms with E-state index in [2.05, 4.69) is 20.7 Å². The molecule has 10 heteroatoms. The number of morpholine rings is 1. The molecule has 0 aliphatic carbocycles. The van der Waals surface area contributed by atoms with Crippen molar-refractivity contribution in [1.82, 2.24) is 5.43 Å². The molecule has 2 aromatic rings. The molecule has 0 aromatic heterocycles. The van der Waals surface area contributed by atoms with Gasteiger partial charge in [-0.1, -0.05) is 0 Å². The van der Waals surface area contributed by atoms with Gasteiger partial charge in [-0.3, -0.25) is 19.7 Å². The number of carbonyl (C=O) groups excluding carboxylic acids is 2. The summed E-state index contributed by atoms with van der Waals surface area (Å²) in [6.07, 6.45) is 1.39. The lowest BCUT2D eigenvalue weighted by atomic mass is 10.1. The molecule has 1 aliphatic rings. The number of hydrogen-bond acceptors (Lipinski definition) is 7. The van der Waals surface area contributed by atoms with E-state index in [0.717, 1.165) is 5.69 Å². The molecule has 1 fully saturated rings. The smallest absolute Gasteiger partial charge is 0.271 e. The molecule has 3 rings (SSSR count). The van der Waals surface area contributed by atoms with Crippen molar-refractivity contribution in [2.24, 2.45) is 5.10 Å². The Kier molecular flexibility index (Phi) is 6.71. The predicted molar refractivity (Wildman–Crippen MR) is 112 cm³/mol. The van der Waals surface area contributed by atoms with Gasteiger partial charge in [-0.15, -0.1) is 0 Å². The topological polar surface area (TPSA) is 126 Å². The second-order valence-electron chi connectivity index (χ2n) is 6.56. The fourth-order valence-electron chi connectivity index (χ4n) is 2.98. The monoisotopic (exact) mass is 411 g/mol. The van der Waals surface area contributed by atoms with Gasteiger partial charge in [0, 0.05) is 54.6 Å². The zero-order valence-electron chi connectivity index (χ0n) is 16.3. The highest BCUT2D eigenvalue weighted by molar-refractivity contribution is 5.96. The van der Waals surface area contributed by atoms with Gasteiger partial charge in [0.2, 0.25) is 5.91 Å². The number of nitro benzene ring substituents is 1. The van der Waals surface area contributed by atoms with Crippen LogP contribution in [0.15, 0.2) is 47.6 Å². The quantitative estimate of drug-likeness (QED) is 0.426. The summed E-state index contributed by atoms with van der Waals surface area (Å²) in [5.41, 5.74) is 4.59. The number of hydrogen-bond donors (Lipinski definition) is 2. The summed E-state index contributed by atoms with van der Waals surface area (Å²) in [6.45, 7) is 3.85. The molecular weight excluding hydrogens is 390 g/mol. The Morgan fingerprint density at radius 1 is 1.17 bits per heavy atom. The Bertz CT molecular complexity index is 968. The number of nitrogens with zero attached hydrogens (tertiary/aromatic N) is 3. The third-order valence-corrected chi connectivity index (χ3v) is 4.41. The second kappa shape index (κ2) is 9.61. The number of non-ortho nitro benzene ring substituents is 1. The van der Waals surface area contributed by atoms with E-state index in [0.29, 0.717) is 43.1 Å². The number of nitro groups is 1. The van der Waals surface area contributed by atoms with Crippen LogP contribution in [0, 0.1) is 10.1 Å². The van der Waals surface area contributed by atoms with Crippen molar-refractivity contribution in [2.45, 2.75) is 6.92 Å². The molecule has 2 aromatic carbocycles. The van der Waals surface area contributed by atoms with Gasteiger partial charge in [0.05, 0.1) is 24.4 Å². The number of amides is 2. The lowest BCUT2D eigenvalue weighted by Crippen LogP contribution is -2.36. The minimum Gasteiger partial charge on any atom is -0.378 e. The van der Waals surface area contributed by atoms with Crippen molar-refractivity contribution >= 4 is 35.1 Å². The van der Waals surface area contributed by atoms with E-state index in [1.54, 1.807) is 30.3 Å². The van der Waals surface area contributed by atoms with E-state index < -0.39 is 10.8 Å². The second-order valence-corrected chi connectivity index (χ2v) is 6.56. The summed E-state index contributed by atoms with van der Waals surface area (Å²) in [5, 5.41) is 17.7. The van der Waals surface area contributed by atoms with Crippen molar-refractivity contribution in [1.29, 1.82) is 0 Å². The van der Waals surface area contributed by atoms with Gasteiger partial charge in [0.25, 0.3) is 11.6 Å². The molecule has 30 heavy (non-hydrogen) atoms. The molecule has 1 heterocycles. The molecule has 0 saturated carbocycles. The zero-order valence-corrected chi connectivity index (χ0v) is 16.3. The number of benzene rings is 2. The summed E-state index contributed by atoms with van der Waals surface area (Å²) < 4.78 is 5.35. The Labute approximate surface area is 172 Å². The summed E-state index contributed by atoms with van der Waals surface area (Å²) in [4.78, 5) is 36.0. The average molecular weight is 411 g/mol. The van der Waals surface area contributed by atoms with Crippen LogP contribution in [0.2, 0.25) is 0 Å². The van der Waals surface area contributed by atoms with Crippen molar-refractivity contribution in [3.8, 4) is 0 Å². The number of nitrogens with one attached hydrogen (secondary N) is 2. The first kappa shape index (κ1) is 20.9. The maximum atomic E-state index is 12.3. The summed E-state index contributed by atoms with van der Waals surface area (Å²) in [7, 11) is 0. The Hall–Kier alpha value is -3.79. The summed E-state index contributed by atoms with van der Waals surface area (Å²) in [6, 6.07) is 10.9. The highest BCUT2D eigenvalue weighted by Gasteiger charge is 2.17. The molecular formula is C20H21N5O5. The fourth-order valence-corrected chi connectivity index (χ4v) is 2.98. The first-order valence-electron chi connectivity index (χ1n) is 9.26. The van der Waals surface area contributed by atoms with Crippen LogP contribution in [0.4, 0.5) is 17.1 Å². The largest absolute Gasteiger partial charge is 0.378 e. The fraction of sp³-hybridized carbons (Fsp3) is 0.250. The van der Waals surface area contributed by atoms with Gasteiger partial charge in [-0.05, 0) is 30.3 Å². The normalized spacial score (nSPS) is 13.8. The minimum absolute atomic E-state index is 0.0617. The van der Waals surface area contributed by atoms with Gasteiger partial charge < -0.3 is 15.0 Å². The maximum absolute atomic E-state index is 12.3. The molecule has 1 saturated heterocycles. The molecule has 10 nitrogen and oxygen atoms in total. The lowest BCUT2D eigenvalue weighted by Gasteiger charge is -2.29. The van der Waals surface area contributed by atoms with Crippen LogP contribution in [-0.4, -0.2) is 49.3 Å². The Morgan fingerprint density at radius 3 is 2.50 bits per heavy atom. The molecule has 2 N–H and O–H groups in total. The van der Waals surface area contributed by atoms with Gasteiger partial charge in [0.15, 0.2) is 0 Å². The number of hydrazone groups is 1. The SMILES string of the molecule is CC(=O)Nc1ccc(C(=O)NN=Cc2cc([N+](=O)[O-])ccc2N2CCOCC2)cc1. The molecule has 1 aliphatic heterocycles. The van der Waals surface area contributed by atoms with E-state index in [4.69, 9.17) is 4.74 Å². The highest BCUT2D eigenvalue weighted by Crippen LogP contribution is 2.25. The molecule has 2 amide bonds. The van der Waals surface area contributed by atoms with Crippen LogP contribution < -0.4 is 15.6 Å². The van der Waals surface area contributed by atoms with Crippen molar-refractivity contribution in [3.05, 3.63) is 63.7 Å². The average Bonchev–Trinajstić information content (AvgIpc) is 2.74. The third-order valence-electron chi connectivity index (χ3n) is 4.41. The van der Waals surface area contributed by atoms with Gasteiger partial charge in [-0.25, -0.2) is 5.43 Å². The van der Waals surface area contributed by atoms with Gasteiger partial charge in [0.1, 0.15) is 0 Å². The Morgan fingerprint density at radius 2 is 1.87 bits per heavy atom. The molecule has 0 radical (unpaired) electrons. The van der Waals surface area contributed by atoms with Crippen molar-refractivity contribution in [3.63, 3.8) is 0 Å². The summed E-state index contributed by atoms with van der Waals surface area (Å²) in [5.74, 6) is -0.649. The van der Waals surface area contributed by atoms with Crippen molar-refractivity contribution in [2.75, 3.05) is 36.5 Å². The number of anilines is 2. The lowest BCUT2D eigenvalue weighted by molar-refractivity contribution is -0.384. The predicted octanol–water partition coefficient (Wildman–Crippen LogP) is 2.15. The van der Waals surface area contributed by atoms with Crippen LogP contribution >= 0.6 is 0 Å². The maximum Gasteiger partial charge on any atom is 0.271 e. The number of carbonyl (C=O) groups is 2. The first-order chi connectivity index (χ1) is 14.4. The molecule has 0 bridgehead atoms. The number of ether oxygens (including phenoxy) is 1. The van der Waals surface area contributed by atoms with Crippen LogP contribution in [0.25, 0.3) is 0 Å². The van der Waals surface area contributed by atoms with E-state index in [1.807, 2.05) is 0 Å². The first-order valence-corrected chi connectivity index (χ1v) is 9.26. The minimum atomic E-state index is -0.477. The van der Waals surface area contributed by atoms with Crippen LogP contribution in [0.3, 0.4) is 0 Å². The highest BCUT2D eigenvalue weighted by atomic mass is 16.6. The van der Waals surface area contributed by atoms with Gasteiger partial charge in [-0.2, -0.15) is 5.10 Å². The molecule has 0 spiro atoms. The zero-order chi connectivity index (χ0) is 21.5. The standard InChI is InChI=1S/C20H21N5O5/c1-14(26)22-17-4-2-15(3-5-17)20(27)23-21-13-16-12-18(25(28)29)6-7-19(16)24-8-10-30-11-9-24/h2-7,12-13H,8-11H2,1H3,(H,22,26)(H,23,27). The van der Waals surface area contributed by atoms with E-state index in [9.17, 15) is 19.7 Å². The van der Waals surface area contributed by atoms with Crippen LogP contribution in [0.1, 0.15) is 22.8 Å². The molecule has 0 atom stereocenters. The van der Waals surface area contributed by atoms with Crippen molar-refractivity contribution < 1.29 is 19.2 Å². The van der Waals surface area contributed by atoms with E-state index >= 15 is 0 Å². The Balaban J connectivity index is 1.73. The molecule has 156 valence electrons. The van der Waals surface area contributed by atoms with Gasteiger partial charge >= 0.3 is 0 Å². The van der Waals surface area contributed by atoms with E-state index in [1.165, 1.54) is 25.3 Å². The third kappa shape index (κ3) is 5.39. The van der Waals surface area contributed by atoms with E-state index in [-0.39, 0.29) is 11.6 Å². The summed E-state index contributed by atoms with van der Waals surface area (Å²) >= 11 is 0. The number of rotatable bonds is 6. The molecule has 0 unspecified atom stereocenters. The van der Waals surface area contributed by atoms with Crippen LogP contribution in [0.5, 0.6) is 0 Å².